The number of carbonyl (C=O) groups is 3. The van der Waals surface area contributed by atoms with Crippen LogP contribution in [0.3, 0.4) is 0 Å². The fraction of sp³-hybridized carbons (Fsp3) is 0.304. The van der Waals surface area contributed by atoms with Crippen molar-refractivity contribution in [3.05, 3.63) is 59.9 Å². The summed E-state index contributed by atoms with van der Waals surface area (Å²) < 4.78 is 5.71. The maximum Gasteiger partial charge on any atom is 0.336 e. The van der Waals surface area contributed by atoms with Gasteiger partial charge in [0.25, 0.3) is 11.8 Å². The van der Waals surface area contributed by atoms with E-state index in [1.165, 1.54) is 12.3 Å². The normalized spacial score (nSPS) is 33.3. The molecule has 0 unspecified atom stereocenters. The summed E-state index contributed by atoms with van der Waals surface area (Å²) in [6.07, 6.45) is 6.70. The summed E-state index contributed by atoms with van der Waals surface area (Å²) in [5, 5.41) is 14.5. The number of hydrogen-bond acceptors (Lipinski definition) is 5. The summed E-state index contributed by atoms with van der Waals surface area (Å²) in [5.41, 5.74) is 0.580. The highest BCUT2D eigenvalue weighted by Crippen LogP contribution is 2.65. The van der Waals surface area contributed by atoms with Gasteiger partial charge in [-0.15, -0.1) is 0 Å². The number of rotatable bonds is 4. The van der Waals surface area contributed by atoms with Crippen molar-refractivity contribution in [3.8, 4) is 11.3 Å². The number of hydrazone groups is 1. The highest BCUT2D eigenvalue weighted by atomic mass is 16.4. The van der Waals surface area contributed by atoms with Crippen LogP contribution in [0.15, 0.2) is 58.1 Å². The summed E-state index contributed by atoms with van der Waals surface area (Å²) in [5.74, 6) is 0.0407. The Balaban J connectivity index is 1.26. The predicted molar refractivity (Wildman–Crippen MR) is 105 cm³/mol. The van der Waals surface area contributed by atoms with Crippen molar-refractivity contribution in [3.63, 3.8) is 0 Å². The number of carbonyl (C=O) groups excluding carboxylic acids is 2. The number of furan rings is 1. The zero-order chi connectivity index (χ0) is 20.6. The molecule has 30 heavy (non-hydrogen) atoms. The molecule has 0 spiro atoms. The molecule has 3 fully saturated rings. The first-order valence-electron chi connectivity index (χ1n) is 10.1. The van der Waals surface area contributed by atoms with Crippen LogP contribution in [0.2, 0.25) is 0 Å². The van der Waals surface area contributed by atoms with Gasteiger partial charge in [0, 0.05) is 5.56 Å². The lowest BCUT2D eigenvalue weighted by molar-refractivity contribution is -0.140. The van der Waals surface area contributed by atoms with E-state index in [0.29, 0.717) is 28.9 Å². The fourth-order valence-corrected chi connectivity index (χ4v) is 5.62. The summed E-state index contributed by atoms with van der Waals surface area (Å²) in [7, 11) is 0. The van der Waals surface area contributed by atoms with Crippen LogP contribution in [0.25, 0.3) is 11.3 Å². The smallest absolute Gasteiger partial charge is 0.336 e. The standard InChI is InChI=1S/C23H18N2O5/c26-21-19-13-6-7-14(17-9-16(13)17)20(19)22(27)25(21)24-10-11-5-8-18(30-11)12-3-1-2-4-15(12)23(28)29/h1-8,10,13-14,16-17,19-20H,9H2,(H,28,29)/t13-,14-,16-,17+,19-,20+/m0/s1. The van der Waals surface area contributed by atoms with Gasteiger partial charge in [0.1, 0.15) is 11.5 Å². The van der Waals surface area contributed by atoms with Gasteiger partial charge < -0.3 is 9.52 Å². The Labute approximate surface area is 171 Å². The molecule has 2 saturated carbocycles. The van der Waals surface area contributed by atoms with Gasteiger partial charge >= 0.3 is 5.97 Å². The van der Waals surface area contributed by atoms with Crippen LogP contribution >= 0.6 is 0 Å². The maximum absolute atomic E-state index is 12.9. The topological polar surface area (TPSA) is 100 Å². The molecular weight excluding hydrogens is 384 g/mol. The van der Waals surface area contributed by atoms with E-state index >= 15 is 0 Å². The molecule has 1 aromatic carbocycles. The molecule has 4 aliphatic carbocycles. The molecule has 1 aromatic heterocycles. The van der Waals surface area contributed by atoms with Crippen LogP contribution < -0.4 is 0 Å². The van der Waals surface area contributed by atoms with Gasteiger partial charge in [-0.1, -0.05) is 30.4 Å². The summed E-state index contributed by atoms with van der Waals surface area (Å²) >= 11 is 0. The maximum atomic E-state index is 12.9. The Bertz CT molecular complexity index is 1130. The highest BCUT2D eigenvalue weighted by Gasteiger charge is 2.67. The van der Waals surface area contributed by atoms with Crippen molar-refractivity contribution in [2.24, 2.45) is 40.6 Å². The minimum Gasteiger partial charge on any atom is -0.478 e. The van der Waals surface area contributed by atoms with Gasteiger partial charge in [-0.25, -0.2) is 4.79 Å². The first kappa shape index (κ1) is 17.4. The van der Waals surface area contributed by atoms with E-state index in [9.17, 15) is 19.5 Å². The first-order valence-corrected chi connectivity index (χ1v) is 10.1. The summed E-state index contributed by atoms with van der Waals surface area (Å²) in [4.78, 5) is 37.3. The average Bonchev–Trinajstić information content (AvgIpc) is 3.39. The van der Waals surface area contributed by atoms with E-state index in [1.807, 2.05) is 0 Å². The van der Waals surface area contributed by atoms with Gasteiger partial charge in [0.2, 0.25) is 0 Å². The Morgan fingerprint density at radius 2 is 1.70 bits per heavy atom. The van der Waals surface area contributed by atoms with Crippen LogP contribution in [0.5, 0.6) is 0 Å². The van der Waals surface area contributed by atoms with E-state index < -0.39 is 5.97 Å². The Hall–Kier alpha value is -3.48. The minimum atomic E-state index is -1.05. The van der Waals surface area contributed by atoms with Crippen molar-refractivity contribution < 1.29 is 23.9 Å². The molecule has 6 atom stereocenters. The Kier molecular flexibility index (Phi) is 3.48. The second kappa shape index (κ2) is 6.01. The Morgan fingerprint density at radius 3 is 2.37 bits per heavy atom. The number of hydrogen-bond donors (Lipinski definition) is 1. The van der Waals surface area contributed by atoms with Crippen LogP contribution in [0.4, 0.5) is 0 Å². The molecule has 7 heteroatoms. The molecule has 150 valence electrons. The van der Waals surface area contributed by atoms with Gasteiger partial charge in [-0.05, 0) is 48.3 Å². The molecule has 1 N–H and O–H groups in total. The molecule has 7 rings (SSSR count). The van der Waals surface area contributed by atoms with E-state index in [0.717, 1.165) is 11.4 Å². The summed E-state index contributed by atoms with van der Waals surface area (Å²) in [6, 6.07) is 9.83. The molecule has 1 aliphatic heterocycles. The van der Waals surface area contributed by atoms with Crippen molar-refractivity contribution in [2.45, 2.75) is 6.42 Å². The molecule has 0 radical (unpaired) electrons. The molecule has 1 saturated heterocycles. The van der Waals surface area contributed by atoms with Crippen LogP contribution in [-0.2, 0) is 9.59 Å². The summed E-state index contributed by atoms with van der Waals surface area (Å²) in [6.45, 7) is 0. The van der Waals surface area contributed by atoms with Gasteiger partial charge in [-0.2, -0.15) is 10.1 Å². The molecule has 2 heterocycles. The predicted octanol–water partition coefficient (Wildman–Crippen LogP) is 3.03. The lowest BCUT2D eigenvalue weighted by Gasteiger charge is -2.37. The second-order valence-electron chi connectivity index (χ2n) is 8.44. The molecule has 2 aromatic rings. The van der Waals surface area contributed by atoms with Crippen molar-refractivity contribution in [1.29, 1.82) is 0 Å². The highest BCUT2D eigenvalue weighted by molar-refractivity contribution is 6.06. The number of aromatic carboxylic acids is 1. The van der Waals surface area contributed by atoms with Crippen molar-refractivity contribution in [1.82, 2.24) is 5.01 Å². The van der Waals surface area contributed by atoms with E-state index in [2.05, 4.69) is 17.3 Å². The minimum absolute atomic E-state index is 0.130. The van der Waals surface area contributed by atoms with E-state index in [1.54, 1.807) is 30.3 Å². The number of allylic oxidation sites excluding steroid dienone is 2. The SMILES string of the molecule is O=C(O)c1ccccc1-c1ccc(C=NN2C(=O)[C@@H]3[C@H]4C=C[C@@H]([C@@H]5C[C@H]45)[C@@H]3C2=O)o1. The van der Waals surface area contributed by atoms with Gasteiger partial charge in [0.15, 0.2) is 0 Å². The number of imide groups is 1. The molecule has 2 bridgehead atoms. The number of carboxylic acids is 1. The number of nitrogens with zero attached hydrogens (tertiary/aromatic N) is 2. The zero-order valence-electron chi connectivity index (χ0n) is 15.8. The van der Waals surface area contributed by atoms with Gasteiger partial charge in [0.05, 0.1) is 23.6 Å². The van der Waals surface area contributed by atoms with Gasteiger partial charge in [-0.3, -0.25) is 9.59 Å². The average molecular weight is 402 g/mol. The third-order valence-electron chi connectivity index (χ3n) is 6.99. The number of carboxylic acid groups (broad SMARTS) is 1. The quantitative estimate of drug-likeness (QED) is 0.481. The monoisotopic (exact) mass is 402 g/mol. The molecule has 2 amide bonds. The third-order valence-corrected chi connectivity index (χ3v) is 6.99. The van der Waals surface area contributed by atoms with Crippen LogP contribution in [0.1, 0.15) is 22.5 Å². The molecule has 5 aliphatic rings. The van der Waals surface area contributed by atoms with Crippen molar-refractivity contribution in [2.75, 3.05) is 0 Å². The second-order valence-corrected chi connectivity index (χ2v) is 8.44. The lowest BCUT2D eigenvalue weighted by atomic mass is 9.63. The van der Waals surface area contributed by atoms with Crippen LogP contribution in [0, 0.1) is 35.5 Å². The fourth-order valence-electron chi connectivity index (χ4n) is 5.62. The van der Waals surface area contributed by atoms with E-state index in [4.69, 9.17) is 4.42 Å². The van der Waals surface area contributed by atoms with Crippen LogP contribution in [-0.4, -0.2) is 34.1 Å². The van der Waals surface area contributed by atoms with Crippen molar-refractivity contribution >= 4 is 24.0 Å². The number of benzene rings is 1. The first-order chi connectivity index (χ1) is 14.5. The third kappa shape index (κ3) is 2.32. The number of amides is 2. The lowest BCUT2D eigenvalue weighted by Crippen LogP contribution is -2.40. The molecule has 7 nitrogen and oxygen atoms in total. The largest absolute Gasteiger partial charge is 0.478 e. The molecular formula is C23H18N2O5. The Morgan fingerprint density at radius 1 is 1.03 bits per heavy atom. The zero-order valence-corrected chi connectivity index (χ0v) is 15.8. The van der Waals surface area contributed by atoms with E-state index in [-0.39, 0.29) is 41.0 Å².